The number of hydrogen-bond donors (Lipinski definition) is 1. The van der Waals surface area contributed by atoms with Gasteiger partial charge in [0.1, 0.15) is 0 Å². The zero-order valence-corrected chi connectivity index (χ0v) is 14.3. The Kier molecular flexibility index (Phi) is 5.41. The summed E-state index contributed by atoms with van der Waals surface area (Å²) < 4.78 is 23.9. The van der Waals surface area contributed by atoms with Gasteiger partial charge in [0.15, 0.2) is 5.85 Å². The maximum atomic E-state index is 13.0. The van der Waals surface area contributed by atoms with E-state index in [-0.39, 0.29) is 12.2 Å². The van der Waals surface area contributed by atoms with Gasteiger partial charge in [-0.05, 0) is 50.1 Å². The quantitative estimate of drug-likeness (QED) is 0.771. The van der Waals surface area contributed by atoms with Crippen LogP contribution in [0.25, 0.3) is 10.8 Å². The summed E-state index contributed by atoms with van der Waals surface area (Å²) in [7, 11) is -3.67. The second kappa shape index (κ2) is 6.93. The number of rotatable bonds is 6. The summed E-state index contributed by atoms with van der Waals surface area (Å²) in [6.07, 6.45) is -0.612. The molecule has 0 spiro atoms. The lowest BCUT2D eigenvalue weighted by atomic mass is 10.1. The minimum atomic E-state index is -3.67. The van der Waals surface area contributed by atoms with Gasteiger partial charge in [-0.25, -0.2) is 0 Å². The van der Waals surface area contributed by atoms with Crippen molar-refractivity contribution in [3.05, 3.63) is 48.0 Å². The van der Waals surface area contributed by atoms with E-state index < -0.39 is 13.4 Å². The summed E-state index contributed by atoms with van der Waals surface area (Å²) in [5, 5.41) is 12.6. The second-order valence-electron chi connectivity index (χ2n) is 5.83. The van der Waals surface area contributed by atoms with Gasteiger partial charge >= 0.3 is 7.60 Å². The molecule has 120 valence electrons. The standard InChI is InChI=1S/C17H23O4P/c1-12(2)20-22(19,21-13(3)4)17(18)16-10-9-14-7-5-6-8-15(14)11-16/h5-13,17-18H,1-4H3. The summed E-state index contributed by atoms with van der Waals surface area (Å²) in [5.74, 6) is -1.30. The van der Waals surface area contributed by atoms with Gasteiger partial charge in [-0.3, -0.25) is 4.57 Å². The summed E-state index contributed by atoms with van der Waals surface area (Å²) >= 11 is 0. The molecule has 5 heteroatoms. The van der Waals surface area contributed by atoms with Gasteiger partial charge in [-0.15, -0.1) is 0 Å². The lowest BCUT2D eigenvalue weighted by molar-refractivity contribution is 0.101. The lowest BCUT2D eigenvalue weighted by Gasteiger charge is -2.27. The predicted octanol–water partition coefficient (Wildman–Crippen LogP) is 4.87. The van der Waals surface area contributed by atoms with Gasteiger partial charge < -0.3 is 14.2 Å². The third-order valence-electron chi connectivity index (χ3n) is 3.09. The Hall–Kier alpha value is -1.19. The van der Waals surface area contributed by atoms with Crippen LogP contribution in [-0.4, -0.2) is 17.3 Å². The van der Waals surface area contributed by atoms with Gasteiger partial charge in [-0.1, -0.05) is 36.4 Å². The van der Waals surface area contributed by atoms with Crippen molar-refractivity contribution in [3.8, 4) is 0 Å². The Balaban J connectivity index is 2.39. The van der Waals surface area contributed by atoms with Crippen molar-refractivity contribution in [2.45, 2.75) is 45.7 Å². The molecule has 0 aliphatic carbocycles. The fourth-order valence-corrected chi connectivity index (χ4v) is 4.26. The molecule has 0 fully saturated rings. The van der Waals surface area contributed by atoms with Crippen molar-refractivity contribution in [2.75, 3.05) is 0 Å². The normalized spacial score (nSPS) is 14.0. The van der Waals surface area contributed by atoms with Crippen molar-refractivity contribution in [3.63, 3.8) is 0 Å². The number of benzene rings is 2. The first-order chi connectivity index (χ1) is 10.3. The van der Waals surface area contributed by atoms with Crippen LogP contribution in [0, 0.1) is 0 Å². The molecular weight excluding hydrogens is 299 g/mol. The minimum Gasteiger partial charge on any atom is -0.376 e. The fraction of sp³-hybridized carbons (Fsp3) is 0.412. The molecule has 22 heavy (non-hydrogen) atoms. The monoisotopic (exact) mass is 322 g/mol. The van der Waals surface area contributed by atoms with Crippen LogP contribution in [0.15, 0.2) is 42.5 Å². The molecule has 0 radical (unpaired) electrons. The largest absolute Gasteiger partial charge is 0.376 e. The molecule has 0 saturated heterocycles. The number of hydrogen-bond acceptors (Lipinski definition) is 4. The van der Waals surface area contributed by atoms with Crippen molar-refractivity contribution in [1.29, 1.82) is 0 Å². The van der Waals surface area contributed by atoms with Crippen molar-refractivity contribution in [1.82, 2.24) is 0 Å². The molecular formula is C17H23O4P. The van der Waals surface area contributed by atoms with Gasteiger partial charge in [-0.2, -0.15) is 0 Å². The molecule has 1 N–H and O–H groups in total. The third-order valence-corrected chi connectivity index (χ3v) is 5.41. The molecule has 1 atom stereocenters. The van der Waals surface area contributed by atoms with Gasteiger partial charge in [0.2, 0.25) is 0 Å². The Morgan fingerprint density at radius 2 is 1.45 bits per heavy atom. The highest BCUT2D eigenvalue weighted by atomic mass is 31.2. The molecule has 0 aliphatic rings. The van der Waals surface area contributed by atoms with Crippen molar-refractivity contribution in [2.24, 2.45) is 0 Å². The molecule has 0 saturated carbocycles. The van der Waals surface area contributed by atoms with Crippen LogP contribution in [-0.2, 0) is 13.6 Å². The Morgan fingerprint density at radius 1 is 0.909 bits per heavy atom. The molecule has 0 aliphatic heterocycles. The minimum absolute atomic E-state index is 0.306. The molecule has 1 unspecified atom stereocenters. The highest BCUT2D eigenvalue weighted by Crippen LogP contribution is 2.61. The lowest BCUT2D eigenvalue weighted by Crippen LogP contribution is -2.13. The van der Waals surface area contributed by atoms with E-state index >= 15 is 0 Å². The van der Waals surface area contributed by atoms with Gasteiger partial charge in [0, 0.05) is 0 Å². The molecule has 2 rings (SSSR count). The number of aliphatic hydroxyl groups is 1. The average Bonchev–Trinajstić information content (AvgIpc) is 2.44. The third kappa shape index (κ3) is 3.96. The SMILES string of the molecule is CC(C)OP(=O)(OC(C)C)C(O)c1ccc2ccccc2c1. The first kappa shape index (κ1) is 17.2. The molecule has 0 heterocycles. The molecule has 2 aromatic rings. The van der Waals surface area contributed by atoms with Crippen LogP contribution in [0.5, 0.6) is 0 Å². The average molecular weight is 322 g/mol. The second-order valence-corrected chi connectivity index (χ2v) is 7.82. The van der Waals surface area contributed by atoms with Crippen LogP contribution in [0.1, 0.15) is 39.1 Å². The highest BCUT2D eigenvalue weighted by Gasteiger charge is 2.38. The van der Waals surface area contributed by atoms with E-state index in [4.69, 9.17) is 9.05 Å². The first-order valence-corrected chi connectivity index (χ1v) is 9.06. The van der Waals surface area contributed by atoms with E-state index in [0.29, 0.717) is 5.56 Å². The Morgan fingerprint density at radius 3 is 2.00 bits per heavy atom. The first-order valence-electron chi connectivity index (χ1n) is 7.45. The van der Waals surface area contributed by atoms with E-state index in [0.717, 1.165) is 10.8 Å². The van der Waals surface area contributed by atoms with Crippen LogP contribution >= 0.6 is 7.60 Å². The van der Waals surface area contributed by atoms with E-state index in [2.05, 4.69) is 0 Å². The zero-order chi connectivity index (χ0) is 16.3. The summed E-state index contributed by atoms with van der Waals surface area (Å²) in [6, 6.07) is 13.3. The van der Waals surface area contributed by atoms with Gasteiger partial charge in [0.05, 0.1) is 12.2 Å². The van der Waals surface area contributed by atoms with E-state index in [1.54, 1.807) is 33.8 Å². The van der Waals surface area contributed by atoms with Crippen LogP contribution in [0.3, 0.4) is 0 Å². The van der Waals surface area contributed by atoms with Crippen LogP contribution in [0.2, 0.25) is 0 Å². The van der Waals surface area contributed by atoms with Crippen molar-refractivity contribution >= 4 is 18.4 Å². The smallest absolute Gasteiger partial charge is 0.363 e. The molecule has 0 aromatic heterocycles. The van der Waals surface area contributed by atoms with Gasteiger partial charge in [0.25, 0.3) is 0 Å². The molecule has 4 nitrogen and oxygen atoms in total. The van der Waals surface area contributed by atoms with E-state index in [1.165, 1.54) is 0 Å². The number of fused-ring (bicyclic) bond motifs is 1. The number of aliphatic hydroxyl groups excluding tert-OH is 1. The molecule has 2 aromatic carbocycles. The predicted molar refractivity (Wildman–Crippen MR) is 89.0 cm³/mol. The van der Waals surface area contributed by atoms with Crippen LogP contribution in [0.4, 0.5) is 0 Å². The summed E-state index contributed by atoms with van der Waals surface area (Å²) in [6.45, 7) is 7.07. The summed E-state index contributed by atoms with van der Waals surface area (Å²) in [5.41, 5.74) is 0.531. The zero-order valence-electron chi connectivity index (χ0n) is 13.4. The van der Waals surface area contributed by atoms with E-state index in [1.807, 2.05) is 36.4 Å². The molecule has 0 bridgehead atoms. The fourth-order valence-electron chi connectivity index (χ4n) is 2.28. The van der Waals surface area contributed by atoms with Crippen molar-refractivity contribution < 1.29 is 18.7 Å². The topological polar surface area (TPSA) is 55.8 Å². The maximum Gasteiger partial charge on any atom is 0.363 e. The van der Waals surface area contributed by atoms with E-state index in [9.17, 15) is 9.67 Å². The Labute approximate surface area is 131 Å². The maximum absolute atomic E-state index is 13.0. The summed E-state index contributed by atoms with van der Waals surface area (Å²) in [4.78, 5) is 0. The molecule has 0 amide bonds. The van der Waals surface area contributed by atoms with Crippen LogP contribution < -0.4 is 0 Å². The highest BCUT2D eigenvalue weighted by molar-refractivity contribution is 7.54. The Bertz CT molecular complexity index is 667.